The van der Waals surface area contributed by atoms with Crippen LogP contribution in [0.5, 0.6) is 0 Å². The maximum atomic E-state index is 13.4. The van der Waals surface area contributed by atoms with Crippen molar-refractivity contribution < 1.29 is 43.3 Å². The van der Waals surface area contributed by atoms with E-state index in [2.05, 4.69) is 20.9 Å². The average Bonchev–Trinajstić information content (AvgIpc) is 3.36. The fourth-order valence-corrected chi connectivity index (χ4v) is 4.25. The number of benzene rings is 1. The van der Waals surface area contributed by atoms with Gasteiger partial charge in [-0.3, -0.25) is 19.2 Å². The first kappa shape index (κ1) is 34.7. The third-order valence-electron chi connectivity index (χ3n) is 6.38. The first-order valence-electron chi connectivity index (χ1n) is 14.2. The molecule has 1 unspecified atom stereocenters. The first-order valence-corrected chi connectivity index (χ1v) is 14.2. The van der Waals surface area contributed by atoms with Gasteiger partial charge in [-0.05, 0) is 44.1 Å². The van der Waals surface area contributed by atoms with Crippen molar-refractivity contribution >= 4 is 42.0 Å². The maximum absolute atomic E-state index is 13.4. The van der Waals surface area contributed by atoms with E-state index < -0.39 is 60.3 Å². The van der Waals surface area contributed by atoms with E-state index in [-0.39, 0.29) is 44.3 Å². The van der Waals surface area contributed by atoms with Crippen molar-refractivity contribution in [1.82, 2.24) is 16.0 Å². The molecule has 2 rings (SSSR count). The normalized spacial score (nSPS) is 16.4. The van der Waals surface area contributed by atoms with Gasteiger partial charge in [0.1, 0.15) is 18.7 Å². The molecule has 0 saturated heterocycles. The highest BCUT2D eigenvalue weighted by molar-refractivity contribution is 5.94. The smallest absolute Gasteiger partial charge is 0.408 e. The van der Waals surface area contributed by atoms with E-state index in [1.165, 1.54) is 12.3 Å². The van der Waals surface area contributed by atoms with Gasteiger partial charge in [-0.25, -0.2) is 14.6 Å². The zero-order valence-electron chi connectivity index (χ0n) is 24.6. The fourth-order valence-electron chi connectivity index (χ4n) is 4.25. The largest absolute Gasteiger partial charge is 0.481 e. The van der Waals surface area contributed by atoms with Crippen LogP contribution < -0.4 is 16.0 Å². The second kappa shape index (κ2) is 18.1. The van der Waals surface area contributed by atoms with E-state index in [1.807, 2.05) is 13.8 Å². The van der Waals surface area contributed by atoms with E-state index in [4.69, 9.17) is 14.6 Å². The van der Waals surface area contributed by atoms with E-state index in [1.54, 1.807) is 37.3 Å². The number of aliphatic imine (C=N–C) groups is 1. The van der Waals surface area contributed by atoms with Gasteiger partial charge in [-0.15, -0.1) is 0 Å². The molecule has 4 N–H and O–H groups in total. The average molecular weight is 601 g/mol. The maximum Gasteiger partial charge on any atom is 0.408 e. The number of carboxylic acid groups (broad SMARTS) is 1. The summed E-state index contributed by atoms with van der Waals surface area (Å²) in [4.78, 5) is 78.1. The number of carbonyl (C=O) groups excluding carboxylic acids is 5. The summed E-state index contributed by atoms with van der Waals surface area (Å²) in [5, 5.41) is 17.0. The van der Waals surface area contributed by atoms with Crippen LogP contribution >= 0.6 is 0 Å². The van der Waals surface area contributed by atoms with Gasteiger partial charge in [0.2, 0.25) is 17.7 Å². The van der Waals surface area contributed by atoms with Crippen molar-refractivity contribution in [2.24, 2.45) is 16.8 Å². The zero-order valence-corrected chi connectivity index (χ0v) is 24.6. The Morgan fingerprint density at radius 1 is 1.02 bits per heavy atom. The zero-order chi connectivity index (χ0) is 31.8. The Hall–Kier alpha value is -4.55. The minimum Gasteiger partial charge on any atom is -0.481 e. The van der Waals surface area contributed by atoms with Crippen LogP contribution in [0, 0.1) is 11.8 Å². The lowest BCUT2D eigenvalue weighted by molar-refractivity contribution is -0.138. The molecular formula is C30H40N4O9. The summed E-state index contributed by atoms with van der Waals surface area (Å²) in [6.45, 7) is 5.45. The van der Waals surface area contributed by atoms with E-state index in [9.17, 15) is 28.8 Å². The molecule has 0 fully saturated rings. The van der Waals surface area contributed by atoms with E-state index >= 15 is 0 Å². The Morgan fingerprint density at radius 2 is 1.72 bits per heavy atom. The standard InChI is InChI=1S/C30H40N4O9/c1-4-42-26(37)13-10-22(17-21-14-15-31-27(21)38)32-29(40)24(16-19(2)3)33-28(39)23(11-12-25(35)36)34-30(41)43-18-20-8-6-5-7-9-20/h5-10,13,15,19,21-24H,4,11-12,14,16-18H2,1-3H3,(H,32,40)(H,33,39)(H,34,41)(H,35,36)/b13-10+/t21?,22-,23+,24+/m1/s1. The monoisotopic (exact) mass is 600 g/mol. The molecule has 234 valence electrons. The number of aliphatic carboxylic acids is 1. The Morgan fingerprint density at radius 3 is 2.33 bits per heavy atom. The molecule has 0 spiro atoms. The van der Waals surface area contributed by atoms with Crippen LogP contribution in [-0.2, 0) is 40.1 Å². The Kier molecular flexibility index (Phi) is 14.6. The lowest BCUT2D eigenvalue weighted by atomic mass is 9.96. The summed E-state index contributed by atoms with van der Waals surface area (Å²) in [6, 6.07) is 5.73. The predicted octanol–water partition coefficient (Wildman–Crippen LogP) is 2.29. The van der Waals surface area contributed by atoms with Crippen molar-refractivity contribution in [3.63, 3.8) is 0 Å². The molecule has 1 aromatic carbocycles. The van der Waals surface area contributed by atoms with Gasteiger partial charge in [0.15, 0.2) is 0 Å². The highest BCUT2D eigenvalue weighted by atomic mass is 16.5. The third kappa shape index (κ3) is 13.3. The predicted molar refractivity (Wildman–Crippen MR) is 156 cm³/mol. The summed E-state index contributed by atoms with van der Waals surface area (Å²) in [6.07, 6.45) is 3.27. The van der Waals surface area contributed by atoms with Crippen LogP contribution in [0.2, 0.25) is 0 Å². The van der Waals surface area contributed by atoms with E-state index in [0.717, 1.165) is 11.6 Å². The number of carbonyl (C=O) groups is 6. The van der Waals surface area contributed by atoms with Crippen molar-refractivity contribution in [3.8, 4) is 0 Å². The number of amides is 4. The Labute approximate surface area is 250 Å². The Bertz CT molecular complexity index is 1180. The quantitative estimate of drug-likeness (QED) is 0.154. The molecule has 0 aliphatic carbocycles. The molecule has 1 aliphatic heterocycles. The number of nitrogens with zero attached hydrogens (tertiary/aromatic N) is 1. The molecule has 4 atom stereocenters. The summed E-state index contributed by atoms with van der Waals surface area (Å²) < 4.78 is 10.1. The van der Waals surface area contributed by atoms with Gasteiger partial charge < -0.3 is 30.5 Å². The molecule has 0 saturated carbocycles. The number of hydrogen-bond donors (Lipinski definition) is 4. The minimum absolute atomic E-state index is 0.0457. The molecule has 4 amide bonds. The number of alkyl carbamates (subject to hydrolysis) is 1. The second-order valence-corrected chi connectivity index (χ2v) is 10.4. The number of nitrogens with one attached hydrogen (secondary N) is 3. The SMILES string of the molecule is CCOC(=O)/C=C/[C@H](CC1CC=NC1=O)NC(=O)[C@H](CC(C)C)NC(=O)[C@H](CCC(=O)O)NC(=O)OCc1ccccc1. The number of esters is 1. The molecule has 1 aromatic rings. The number of rotatable bonds is 17. The minimum atomic E-state index is -1.30. The number of ether oxygens (including phenoxy) is 2. The topological polar surface area (TPSA) is 190 Å². The van der Waals surface area contributed by atoms with Gasteiger partial charge >= 0.3 is 18.0 Å². The third-order valence-corrected chi connectivity index (χ3v) is 6.38. The lowest BCUT2D eigenvalue weighted by Crippen LogP contribution is -2.55. The molecule has 1 heterocycles. The molecule has 13 heteroatoms. The molecule has 0 radical (unpaired) electrons. The highest BCUT2D eigenvalue weighted by Crippen LogP contribution is 2.18. The second-order valence-electron chi connectivity index (χ2n) is 10.4. The molecule has 0 bridgehead atoms. The van der Waals surface area contributed by atoms with Gasteiger partial charge in [0.25, 0.3) is 0 Å². The van der Waals surface area contributed by atoms with Crippen LogP contribution in [0.3, 0.4) is 0 Å². The fraction of sp³-hybridized carbons (Fsp3) is 0.500. The van der Waals surface area contributed by atoms with Crippen LogP contribution in [0.15, 0.2) is 47.5 Å². The van der Waals surface area contributed by atoms with Gasteiger partial charge in [-0.1, -0.05) is 50.3 Å². The van der Waals surface area contributed by atoms with Gasteiger partial charge in [-0.2, -0.15) is 0 Å². The molecule has 1 aliphatic rings. The van der Waals surface area contributed by atoms with Crippen LogP contribution in [0.25, 0.3) is 0 Å². The number of hydrogen-bond acceptors (Lipinski definition) is 8. The van der Waals surface area contributed by atoms with Crippen LogP contribution in [-0.4, -0.2) is 71.8 Å². The van der Waals surface area contributed by atoms with Crippen molar-refractivity contribution in [2.45, 2.75) is 77.6 Å². The molecule has 0 aromatic heterocycles. The van der Waals surface area contributed by atoms with Crippen LogP contribution in [0.4, 0.5) is 4.79 Å². The summed E-state index contributed by atoms with van der Waals surface area (Å²) in [5.74, 6) is -4.00. The van der Waals surface area contributed by atoms with Crippen molar-refractivity contribution in [1.29, 1.82) is 0 Å². The van der Waals surface area contributed by atoms with Gasteiger partial charge in [0, 0.05) is 30.7 Å². The van der Waals surface area contributed by atoms with Crippen molar-refractivity contribution in [2.75, 3.05) is 6.61 Å². The molecule has 13 nitrogen and oxygen atoms in total. The molecular weight excluding hydrogens is 560 g/mol. The molecule has 43 heavy (non-hydrogen) atoms. The first-order chi connectivity index (χ1) is 20.5. The highest BCUT2D eigenvalue weighted by Gasteiger charge is 2.31. The van der Waals surface area contributed by atoms with Crippen molar-refractivity contribution in [3.05, 3.63) is 48.0 Å². The Balaban J connectivity index is 2.15. The summed E-state index contributed by atoms with van der Waals surface area (Å²) >= 11 is 0. The summed E-state index contributed by atoms with van der Waals surface area (Å²) in [5.41, 5.74) is 0.718. The van der Waals surface area contributed by atoms with Crippen LogP contribution in [0.1, 0.15) is 58.4 Å². The number of carboxylic acids is 1. The lowest BCUT2D eigenvalue weighted by Gasteiger charge is -2.26. The van der Waals surface area contributed by atoms with E-state index in [0.29, 0.717) is 6.42 Å². The summed E-state index contributed by atoms with van der Waals surface area (Å²) in [7, 11) is 0. The van der Waals surface area contributed by atoms with Gasteiger partial charge in [0.05, 0.1) is 6.61 Å².